The summed E-state index contributed by atoms with van der Waals surface area (Å²) in [4.78, 5) is 91.8. The number of carbonyl (C=O) groups excluding carboxylic acids is 6. The zero-order valence-corrected chi connectivity index (χ0v) is 33.9. The van der Waals surface area contributed by atoms with E-state index in [4.69, 9.17) is 16.2 Å². The third kappa shape index (κ3) is 18.1. The van der Waals surface area contributed by atoms with Gasteiger partial charge in [0.05, 0.1) is 12.6 Å². The van der Waals surface area contributed by atoms with Crippen LogP contribution in [-0.2, 0) is 57.7 Å². The van der Waals surface area contributed by atoms with E-state index in [1.54, 1.807) is 85.1 Å². The van der Waals surface area contributed by atoms with Gasteiger partial charge in [0.2, 0.25) is 29.5 Å². The van der Waals surface area contributed by atoms with Crippen LogP contribution in [0.3, 0.4) is 0 Å². The zero-order valence-electron chi connectivity index (χ0n) is 33.1. The van der Waals surface area contributed by atoms with Crippen molar-refractivity contribution >= 4 is 53.2 Å². The summed E-state index contributed by atoms with van der Waals surface area (Å²) >= 11 is 1.39. The molecular formula is C42H55N7O9S. The number of amides is 5. The van der Waals surface area contributed by atoms with Crippen LogP contribution in [0.1, 0.15) is 48.8 Å². The van der Waals surface area contributed by atoms with Crippen LogP contribution in [0.5, 0.6) is 0 Å². The van der Waals surface area contributed by atoms with Crippen molar-refractivity contribution in [3.05, 3.63) is 108 Å². The normalized spacial score (nSPS) is 13.3. The Balaban J connectivity index is 1.74. The Bertz CT molecular complexity index is 1810. The van der Waals surface area contributed by atoms with E-state index in [9.17, 15) is 38.7 Å². The lowest BCUT2D eigenvalue weighted by Gasteiger charge is -2.25. The number of ether oxygens (including phenoxy) is 1. The van der Waals surface area contributed by atoms with Gasteiger partial charge in [-0.15, -0.1) is 0 Å². The lowest BCUT2D eigenvalue weighted by Crippen LogP contribution is -2.57. The highest BCUT2D eigenvalue weighted by molar-refractivity contribution is 7.98. The first-order valence-electron chi connectivity index (χ1n) is 19.3. The summed E-state index contributed by atoms with van der Waals surface area (Å²) in [7, 11) is 0. The lowest BCUT2D eigenvalue weighted by molar-refractivity contribution is -0.146. The molecule has 0 spiro atoms. The summed E-state index contributed by atoms with van der Waals surface area (Å²) in [5.74, 6) is -5.10. The average molecular weight is 834 g/mol. The van der Waals surface area contributed by atoms with Crippen LogP contribution >= 0.6 is 11.8 Å². The van der Waals surface area contributed by atoms with Crippen LogP contribution in [-0.4, -0.2) is 102 Å². The van der Waals surface area contributed by atoms with E-state index < -0.39 is 78.2 Å². The Hall–Kier alpha value is -5.78. The van der Waals surface area contributed by atoms with Crippen molar-refractivity contribution in [2.45, 2.75) is 81.8 Å². The fraction of sp³-hybridized carbons (Fsp3) is 0.405. The highest BCUT2D eigenvalue weighted by Crippen LogP contribution is 2.10. The summed E-state index contributed by atoms with van der Waals surface area (Å²) in [5.41, 5.74) is 13.8. The number of hydrogen-bond acceptors (Lipinski definition) is 11. The molecule has 318 valence electrons. The molecule has 5 atom stereocenters. The van der Waals surface area contributed by atoms with Gasteiger partial charge in [0.25, 0.3) is 0 Å². The minimum atomic E-state index is -1.36. The van der Waals surface area contributed by atoms with Crippen LogP contribution in [0.25, 0.3) is 0 Å². The predicted octanol–water partition coefficient (Wildman–Crippen LogP) is 0.955. The molecule has 0 radical (unpaired) electrons. The smallest absolute Gasteiger partial charge is 0.326 e. The summed E-state index contributed by atoms with van der Waals surface area (Å²) in [6.45, 7) is -0.311. The van der Waals surface area contributed by atoms with Gasteiger partial charge in [-0.05, 0) is 60.9 Å². The van der Waals surface area contributed by atoms with Crippen molar-refractivity contribution in [1.29, 1.82) is 0 Å². The second-order valence-electron chi connectivity index (χ2n) is 13.7. The number of nitrogens with two attached hydrogens (primary N) is 2. The SMILES string of the molecule is CSCC[C@H](NC(=O)[C@H](CCC(=O)OCc1ccccc1)NC(=O)CNC(=O)[C@H](Cc1ccccc1)NC(=O)[C@H](Cc1ccccc1)NC(=O)[C@@H](N)CCCN)C(=O)O. The molecule has 3 aromatic carbocycles. The summed E-state index contributed by atoms with van der Waals surface area (Å²) in [6, 6.07) is 20.9. The van der Waals surface area contributed by atoms with Crippen molar-refractivity contribution in [3.8, 4) is 0 Å². The molecule has 0 unspecified atom stereocenters. The average Bonchev–Trinajstić information content (AvgIpc) is 3.24. The molecule has 17 heteroatoms. The van der Waals surface area contributed by atoms with Crippen LogP contribution in [0, 0.1) is 0 Å². The first kappa shape index (κ1) is 47.6. The predicted molar refractivity (Wildman–Crippen MR) is 223 cm³/mol. The van der Waals surface area contributed by atoms with E-state index in [2.05, 4.69) is 26.6 Å². The topological polar surface area (TPSA) is 261 Å². The van der Waals surface area contributed by atoms with Gasteiger partial charge in [0, 0.05) is 19.3 Å². The molecule has 3 aromatic rings. The van der Waals surface area contributed by atoms with Crippen molar-refractivity contribution in [2.24, 2.45) is 11.5 Å². The first-order chi connectivity index (χ1) is 28.4. The van der Waals surface area contributed by atoms with Gasteiger partial charge in [-0.3, -0.25) is 28.8 Å². The van der Waals surface area contributed by atoms with E-state index in [-0.39, 0.29) is 38.7 Å². The Labute approximate surface area is 348 Å². The fourth-order valence-electron chi connectivity index (χ4n) is 5.78. The minimum absolute atomic E-state index is 0.00686. The number of nitrogens with one attached hydrogen (secondary N) is 5. The van der Waals surface area contributed by atoms with E-state index in [1.165, 1.54) is 11.8 Å². The van der Waals surface area contributed by atoms with Gasteiger partial charge >= 0.3 is 11.9 Å². The Morgan fingerprint density at radius 3 is 1.69 bits per heavy atom. The van der Waals surface area contributed by atoms with E-state index in [0.29, 0.717) is 30.7 Å². The molecule has 0 fully saturated rings. The van der Waals surface area contributed by atoms with Crippen molar-refractivity contribution in [2.75, 3.05) is 25.1 Å². The molecule has 0 heterocycles. The maximum absolute atomic E-state index is 13.9. The van der Waals surface area contributed by atoms with Gasteiger partial charge in [-0.1, -0.05) is 91.0 Å². The number of carbonyl (C=O) groups is 7. The van der Waals surface area contributed by atoms with Gasteiger partial charge in [-0.25, -0.2) is 4.79 Å². The molecule has 0 aromatic heterocycles. The number of rotatable bonds is 26. The molecule has 10 N–H and O–H groups in total. The molecule has 0 aliphatic carbocycles. The summed E-state index contributed by atoms with van der Waals surface area (Å²) in [6.07, 6.45) is 2.31. The molecule has 0 aliphatic rings. The van der Waals surface area contributed by atoms with Gasteiger partial charge in [-0.2, -0.15) is 11.8 Å². The van der Waals surface area contributed by atoms with E-state index in [0.717, 1.165) is 11.1 Å². The third-order valence-electron chi connectivity index (χ3n) is 9.07. The number of hydrogen-bond donors (Lipinski definition) is 8. The van der Waals surface area contributed by atoms with E-state index in [1.807, 2.05) is 12.1 Å². The van der Waals surface area contributed by atoms with Crippen molar-refractivity contribution in [3.63, 3.8) is 0 Å². The van der Waals surface area contributed by atoms with Crippen LogP contribution in [0.4, 0.5) is 0 Å². The second-order valence-corrected chi connectivity index (χ2v) is 14.7. The molecule has 0 bridgehead atoms. The van der Waals surface area contributed by atoms with Gasteiger partial charge in [0.1, 0.15) is 30.8 Å². The Morgan fingerprint density at radius 1 is 0.644 bits per heavy atom. The number of carboxylic acid groups (broad SMARTS) is 1. The maximum atomic E-state index is 13.9. The molecule has 0 saturated carbocycles. The molecule has 59 heavy (non-hydrogen) atoms. The number of esters is 1. The standard InChI is InChI=1S/C42H55N7O9S/c1-59-23-21-33(42(56)57)47-40(54)32(19-20-37(51)58-27-30-16-9-4-10-17-30)46-36(50)26-45-39(53)34(24-28-12-5-2-6-13-28)49-41(55)35(25-29-14-7-3-8-15-29)48-38(52)31(44)18-11-22-43/h2-10,12-17,31-35H,11,18-27,43-44H2,1H3,(H,45,53)(H,46,50)(H,47,54)(H,48,52)(H,49,55)(H,56,57)/t31-,32-,33-,34-,35-/m0/s1. The highest BCUT2D eigenvalue weighted by Gasteiger charge is 2.30. The van der Waals surface area contributed by atoms with Gasteiger partial charge in [0.15, 0.2) is 0 Å². The van der Waals surface area contributed by atoms with Crippen LogP contribution < -0.4 is 38.1 Å². The first-order valence-corrected chi connectivity index (χ1v) is 20.7. The monoisotopic (exact) mass is 833 g/mol. The summed E-state index contributed by atoms with van der Waals surface area (Å²) in [5, 5.41) is 22.6. The number of carboxylic acids is 1. The second kappa shape index (κ2) is 26.3. The summed E-state index contributed by atoms with van der Waals surface area (Å²) < 4.78 is 5.31. The molecule has 5 amide bonds. The van der Waals surface area contributed by atoms with Gasteiger partial charge < -0.3 is 47.9 Å². The van der Waals surface area contributed by atoms with Crippen LogP contribution in [0.15, 0.2) is 91.0 Å². The third-order valence-corrected chi connectivity index (χ3v) is 9.71. The van der Waals surface area contributed by atoms with Crippen molar-refractivity contribution < 1.29 is 43.4 Å². The number of aliphatic carboxylic acids is 1. The fourth-order valence-corrected chi connectivity index (χ4v) is 6.25. The quantitative estimate of drug-likeness (QED) is 0.0526. The Kier molecular flexibility index (Phi) is 21.2. The Morgan fingerprint density at radius 2 is 1.15 bits per heavy atom. The van der Waals surface area contributed by atoms with E-state index >= 15 is 0 Å². The molecule has 0 aliphatic heterocycles. The van der Waals surface area contributed by atoms with Crippen molar-refractivity contribution in [1.82, 2.24) is 26.6 Å². The largest absolute Gasteiger partial charge is 0.480 e. The number of benzene rings is 3. The lowest BCUT2D eigenvalue weighted by atomic mass is 10.0. The molecule has 3 rings (SSSR count). The van der Waals surface area contributed by atoms with Crippen LogP contribution in [0.2, 0.25) is 0 Å². The zero-order chi connectivity index (χ0) is 43.0. The minimum Gasteiger partial charge on any atom is -0.480 e. The number of thioether (sulfide) groups is 1. The maximum Gasteiger partial charge on any atom is 0.326 e. The molecule has 0 saturated heterocycles. The highest BCUT2D eigenvalue weighted by atomic mass is 32.2. The molecular weight excluding hydrogens is 779 g/mol. The molecule has 16 nitrogen and oxygen atoms in total.